The molecule has 0 fully saturated rings. The smallest absolute Gasteiger partial charge is 0.306 e. The van der Waals surface area contributed by atoms with Crippen molar-refractivity contribution in [2.75, 3.05) is 13.2 Å². The van der Waals surface area contributed by atoms with E-state index in [4.69, 9.17) is 14.2 Å². The van der Waals surface area contributed by atoms with Crippen molar-refractivity contribution >= 4 is 17.9 Å². The molecule has 450 valence electrons. The fraction of sp³-hybridized carbons (Fsp3) is 0.764. The SMILES string of the molecule is CC/C=C\C/C=C\C/C=C\C/C=C\C/C=C\CCCCCCCCCCCCCC(=O)OCC(COC(=O)CCCCCCC/C=C\C/C=C\CCCCC)OC(=O)CCCCCCCCCCCCCCCCCCCC. The largest absolute Gasteiger partial charge is 0.462 e. The molecule has 0 rings (SSSR count). The molecule has 0 amide bonds. The van der Waals surface area contributed by atoms with Gasteiger partial charge >= 0.3 is 17.9 Å². The van der Waals surface area contributed by atoms with Crippen LogP contribution in [0, 0.1) is 0 Å². The minimum Gasteiger partial charge on any atom is -0.462 e. The van der Waals surface area contributed by atoms with Crippen molar-refractivity contribution in [2.24, 2.45) is 0 Å². The first-order valence-corrected chi connectivity index (χ1v) is 33.6. The van der Waals surface area contributed by atoms with Crippen LogP contribution < -0.4 is 0 Å². The van der Waals surface area contributed by atoms with E-state index >= 15 is 0 Å². The molecule has 0 aliphatic carbocycles. The van der Waals surface area contributed by atoms with E-state index in [9.17, 15) is 14.4 Å². The summed E-state index contributed by atoms with van der Waals surface area (Å²) in [5, 5.41) is 0. The van der Waals surface area contributed by atoms with Crippen molar-refractivity contribution in [3.05, 3.63) is 85.1 Å². The molecule has 6 heteroatoms. The summed E-state index contributed by atoms with van der Waals surface area (Å²) in [5.41, 5.74) is 0. The minimum atomic E-state index is -0.783. The van der Waals surface area contributed by atoms with E-state index < -0.39 is 6.10 Å². The summed E-state index contributed by atoms with van der Waals surface area (Å²) in [7, 11) is 0. The Morgan fingerprint density at radius 1 is 0.269 bits per heavy atom. The molecule has 0 saturated carbocycles. The predicted molar refractivity (Wildman–Crippen MR) is 339 cm³/mol. The van der Waals surface area contributed by atoms with Gasteiger partial charge in [-0.3, -0.25) is 14.4 Å². The van der Waals surface area contributed by atoms with Gasteiger partial charge in [0.25, 0.3) is 0 Å². The Balaban J connectivity index is 4.31. The number of carbonyl (C=O) groups excluding carboxylic acids is 3. The van der Waals surface area contributed by atoms with E-state index in [1.807, 2.05) is 0 Å². The lowest BCUT2D eigenvalue weighted by atomic mass is 10.0. The van der Waals surface area contributed by atoms with E-state index in [1.54, 1.807) is 0 Å². The van der Waals surface area contributed by atoms with Gasteiger partial charge in [-0.15, -0.1) is 0 Å². The van der Waals surface area contributed by atoms with Crippen molar-refractivity contribution in [3.63, 3.8) is 0 Å². The molecular formula is C72H126O6. The maximum absolute atomic E-state index is 12.9. The summed E-state index contributed by atoms with van der Waals surface area (Å²) in [4.78, 5) is 38.4. The first-order chi connectivity index (χ1) is 38.5. The summed E-state index contributed by atoms with van der Waals surface area (Å²) < 4.78 is 17.0. The molecule has 0 radical (unpaired) electrons. The van der Waals surface area contributed by atoms with Crippen molar-refractivity contribution in [3.8, 4) is 0 Å². The zero-order valence-electron chi connectivity index (χ0n) is 51.7. The Bertz CT molecular complexity index is 1480. The van der Waals surface area contributed by atoms with Gasteiger partial charge in [0.15, 0.2) is 6.10 Å². The first-order valence-electron chi connectivity index (χ1n) is 33.6. The molecule has 78 heavy (non-hydrogen) atoms. The molecular weight excluding hydrogens is 961 g/mol. The number of esters is 3. The van der Waals surface area contributed by atoms with E-state index in [-0.39, 0.29) is 31.1 Å². The van der Waals surface area contributed by atoms with E-state index in [1.165, 1.54) is 186 Å². The number of allylic oxidation sites excluding steroid dienone is 14. The van der Waals surface area contributed by atoms with Gasteiger partial charge in [-0.2, -0.15) is 0 Å². The average molecular weight is 1090 g/mol. The minimum absolute atomic E-state index is 0.0793. The van der Waals surface area contributed by atoms with Crippen molar-refractivity contribution in [1.29, 1.82) is 0 Å². The standard InChI is InChI=1S/C72H126O6/c1-4-7-10-13-16-19-22-25-28-30-32-33-34-35-36-37-38-39-40-42-44-47-50-53-56-59-62-65-71(74)77-68-69(67-76-70(73)64-61-58-55-52-49-46-43-27-24-21-18-15-12-9-6-3)78-72(75)66-63-60-57-54-51-48-45-41-31-29-26-23-20-17-14-11-8-5-2/h7,10,16,18-19,21,25,27-28,32-33,35-36,43,69H,4-6,8-9,11-15,17,20,22-24,26,29-31,34,37-42,44-68H2,1-3H3/b10-7-,19-16-,21-18-,28-25-,33-32-,36-35-,43-27-. The van der Waals surface area contributed by atoms with Gasteiger partial charge in [0.1, 0.15) is 13.2 Å². The molecule has 0 N–H and O–H groups in total. The molecule has 0 bridgehead atoms. The van der Waals surface area contributed by atoms with Crippen LogP contribution in [0.2, 0.25) is 0 Å². The van der Waals surface area contributed by atoms with Gasteiger partial charge in [-0.05, 0) is 96.3 Å². The Morgan fingerprint density at radius 3 is 0.808 bits per heavy atom. The zero-order valence-corrected chi connectivity index (χ0v) is 51.7. The molecule has 0 aromatic carbocycles. The molecule has 0 aromatic rings. The highest BCUT2D eigenvalue weighted by atomic mass is 16.6. The Morgan fingerprint density at radius 2 is 0.500 bits per heavy atom. The Labute approximate surface area is 484 Å². The van der Waals surface area contributed by atoms with Crippen LogP contribution in [0.15, 0.2) is 85.1 Å². The molecule has 0 heterocycles. The molecule has 0 saturated heterocycles. The molecule has 0 aromatic heterocycles. The third kappa shape index (κ3) is 63.4. The molecule has 0 aliphatic heterocycles. The van der Waals surface area contributed by atoms with Crippen LogP contribution in [0.4, 0.5) is 0 Å². The average Bonchev–Trinajstić information content (AvgIpc) is 3.44. The number of ether oxygens (including phenoxy) is 3. The highest BCUT2D eigenvalue weighted by Crippen LogP contribution is 2.17. The van der Waals surface area contributed by atoms with Crippen LogP contribution in [0.5, 0.6) is 0 Å². The van der Waals surface area contributed by atoms with Crippen LogP contribution in [-0.2, 0) is 28.6 Å². The van der Waals surface area contributed by atoms with Gasteiger partial charge in [-0.25, -0.2) is 0 Å². The summed E-state index contributed by atoms with van der Waals surface area (Å²) in [6, 6.07) is 0. The second-order valence-electron chi connectivity index (χ2n) is 22.4. The van der Waals surface area contributed by atoms with Crippen LogP contribution in [0.3, 0.4) is 0 Å². The second-order valence-corrected chi connectivity index (χ2v) is 22.4. The first kappa shape index (κ1) is 74.6. The number of unbranched alkanes of at least 4 members (excludes halogenated alkanes) is 36. The van der Waals surface area contributed by atoms with Gasteiger partial charge in [0.2, 0.25) is 0 Å². The van der Waals surface area contributed by atoms with Crippen molar-refractivity contribution in [1.82, 2.24) is 0 Å². The number of carbonyl (C=O) groups is 3. The third-order valence-electron chi connectivity index (χ3n) is 14.6. The highest BCUT2D eigenvalue weighted by Gasteiger charge is 2.19. The van der Waals surface area contributed by atoms with Gasteiger partial charge in [-0.1, -0.05) is 305 Å². The predicted octanol–water partition coefficient (Wildman–Crippen LogP) is 23.1. The number of hydrogen-bond donors (Lipinski definition) is 0. The normalized spacial score (nSPS) is 12.6. The highest BCUT2D eigenvalue weighted by molar-refractivity contribution is 5.71. The van der Waals surface area contributed by atoms with E-state index in [2.05, 4.69) is 106 Å². The fourth-order valence-corrected chi connectivity index (χ4v) is 9.62. The number of rotatable bonds is 61. The lowest BCUT2D eigenvalue weighted by Gasteiger charge is -2.18. The lowest BCUT2D eigenvalue weighted by Crippen LogP contribution is -2.30. The fourth-order valence-electron chi connectivity index (χ4n) is 9.62. The van der Waals surface area contributed by atoms with Gasteiger partial charge < -0.3 is 14.2 Å². The molecule has 0 spiro atoms. The lowest BCUT2D eigenvalue weighted by molar-refractivity contribution is -0.167. The maximum atomic E-state index is 12.9. The second kappa shape index (κ2) is 66.1. The van der Waals surface area contributed by atoms with Gasteiger partial charge in [0.05, 0.1) is 0 Å². The zero-order chi connectivity index (χ0) is 56.4. The van der Waals surface area contributed by atoms with Crippen LogP contribution in [0.1, 0.15) is 335 Å². The number of hydrogen-bond acceptors (Lipinski definition) is 6. The maximum Gasteiger partial charge on any atom is 0.306 e. The Kier molecular flexibility index (Phi) is 63.2. The summed E-state index contributed by atoms with van der Waals surface area (Å²) >= 11 is 0. The third-order valence-corrected chi connectivity index (χ3v) is 14.6. The molecule has 1 unspecified atom stereocenters. The molecule has 1 atom stereocenters. The van der Waals surface area contributed by atoms with Gasteiger partial charge in [0, 0.05) is 19.3 Å². The summed E-state index contributed by atoms with van der Waals surface area (Å²) in [5.74, 6) is -0.878. The summed E-state index contributed by atoms with van der Waals surface area (Å²) in [6.07, 6.45) is 87.3. The monoisotopic (exact) mass is 1090 g/mol. The van der Waals surface area contributed by atoms with E-state index in [0.717, 1.165) is 109 Å². The molecule has 6 nitrogen and oxygen atoms in total. The summed E-state index contributed by atoms with van der Waals surface area (Å²) in [6.45, 7) is 6.53. The van der Waals surface area contributed by atoms with Crippen molar-refractivity contribution < 1.29 is 28.6 Å². The topological polar surface area (TPSA) is 78.9 Å². The van der Waals surface area contributed by atoms with Crippen LogP contribution in [0.25, 0.3) is 0 Å². The van der Waals surface area contributed by atoms with Crippen LogP contribution >= 0.6 is 0 Å². The van der Waals surface area contributed by atoms with Crippen molar-refractivity contribution in [2.45, 2.75) is 341 Å². The Hall–Kier alpha value is -3.41. The van der Waals surface area contributed by atoms with E-state index in [0.29, 0.717) is 19.3 Å². The van der Waals surface area contributed by atoms with Crippen LogP contribution in [-0.4, -0.2) is 37.2 Å². The quantitative estimate of drug-likeness (QED) is 0.0261. The molecule has 0 aliphatic rings.